The van der Waals surface area contributed by atoms with Crippen molar-refractivity contribution in [2.45, 2.75) is 28.9 Å². The molecule has 32 heavy (non-hydrogen) atoms. The van der Waals surface area contributed by atoms with Gasteiger partial charge in [-0.3, -0.25) is 4.79 Å². The Kier molecular flexibility index (Phi) is 6.94. The largest absolute Gasteiger partial charge is 0.416 e. The number of rotatable bonds is 7. The first kappa shape index (κ1) is 23.8. The van der Waals surface area contributed by atoms with Crippen LogP contribution >= 0.6 is 11.8 Å². The maximum atomic E-state index is 12.8. The van der Waals surface area contributed by atoms with E-state index >= 15 is 0 Å². The standard InChI is InChI=1S/C20H19F3N4O3S2/c1-13-6-8-16(9-7-13)32(29,30)12-17-25-26-19(27(17)2)31-11-18(28)24-15-5-3-4-14(10-15)20(21,22)23/h3-10H,11-12H2,1-2H3,(H,24,28). The number of hydrogen-bond acceptors (Lipinski definition) is 6. The lowest BCUT2D eigenvalue weighted by Gasteiger charge is -2.10. The molecular formula is C20H19F3N4O3S2. The van der Waals surface area contributed by atoms with Gasteiger partial charge in [0.15, 0.2) is 15.0 Å². The van der Waals surface area contributed by atoms with Crippen LogP contribution in [0.25, 0.3) is 0 Å². The minimum Gasteiger partial charge on any atom is -0.325 e. The third kappa shape index (κ3) is 5.88. The second-order valence-corrected chi connectivity index (χ2v) is 9.88. The van der Waals surface area contributed by atoms with Crippen molar-refractivity contribution in [2.24, 2.45) is 7.05 Å². The fourth-order valence-electron chi connectivity index (χ4n) is 2.70. The van der Waals surface area contributed by atoms with Crippen LogP contribution in [0.3, 0.4) is 0 Å². The zero-order valence-electron chi connectivity index (χ0n) is 17.0. The first-order valence-electron chi connectivity index (χ1n) is 9.23. The normalized spacial score (nSPS) is 12.0. The van der Waals surface area contributed by atoms with Crippen LogP contribution in [-0.4, -0.2) is 34.8 Å². The van der Waals surface area contributed by atoms with Crippen LogP contribution in [0.4, 0.5) is 18.9 Å². The minimum atomic E-state index is -4.51. The number of alkyl halides is 3. The molecule has 0 saturated heterocycles. The lowest BCUT2D eigenvalue weighted by molar-refractivity contribution is -0.137. The van der Waals surface area contributed by atoms with E-state index in [9.17, 15) is 26.4 Å². The Balaban J connectivity index is 1.62. The Morgan fingerprint density at radius 2 is 1.81 bits per heavy atom. The molecule has 0 unspecified atom stereocenters. The number of aromatic nitrogens is 3. The molecule has 0 fully saturated rings. The first-order valence-corrected chi connectivity index (χ1v) is 11.9. The van der Waals surface area contributed by atoms with Crippen molar-refractivity contribution in [1.82, 2.24) is 14.8 Å². The molecule has 1 N–H and O–H groups in total. The van der Waals surface area contributed by atoms with Crippen LogP contribution in [0.5, 0.6) is 0 Å². The number of benzene rings is 2. The monoisotopic (exact) mass is 484 g/mol. The van der Waals surface area contributed by atoms with Gasteiger partial charge in [0.1, 0.15) is 11.6 Å². The molecule has 0 bridgehead atoms. The molecule has 12 heteroatoms. The molecular weight excluding hydrogens is 465 g/mol. The molecule has 170 valence electrons. The van der Waals surface area contributed by atoms with Crippen LogP contribution in [0.15, 0.2) is 58.6 Å². The first-order chi connectivity index (χ1) is 15.0. The second-order valence-electron chi connectivity index (χ2n) is 6.95. The summed E-state index contributed by atoms with van der Waals surface area (Å²) in [5.74, 6) is -0.846. The Bertz CT molecular complexity index is 1220. The van der Waals surface area contributed by atoms with E-state index in [0.717, 1.165) is 29.5 Å². The molecule has 0 aliphatic heterocycles. The summed E-state index contributed by atoms with van der Waals surface area (Å²) in [6.07, 6.45) is -4.51. The van der Waals surface area contributed by atoms with E-state index in [4.69, 9.17) is 0 Å². The highest BCUT2D eigenvalue weighted by atomic mass is 32.2. The maximum Gasteiger partial charge on any atom is 0.416 e. The van der Waals surface area contributed by atoms with E-state index < -0.39 is 27.5 Å². The summed E-state index contributed by atoms with van der Waals surface area (Å²) in [6.45, 7) is 1.85. The van der Waals surface area contributed by atoms with Gasteiger partial charge < -0.3 is 9.88 Å². The van der Waals surface area contributed by atoms with Crippen molar-refractivity contribution in [2.75, 3.05) is 11.1 Å². The number of sulfone groups is 1. The van der Waals surface area contributed by atoms with Crippen LogP contribution in [0.2, 0.25) is 0 Å². The van der Waals surface area contributed by atoms with Crippen LogP contribution in [-0.2, 0) is 33.6 Å². The number of halogens is 3. The fourth-order valence-corrected chi connectivity index (χ4v) is 4.73. The topological polar surface area (TPSA) is 94.0 Å². The third-order valence-electron chi connectivity index (χ3n) is 4.43. The van der Waals surface area contributed by atoms with E-state index in [-0.39, 0.29) is 27.9 Å². The zero-order chi connectivity index (χ0) is 23.5. The van der Waals surface area contributed by atoms with E-state index in [1.165, 1.54) is 28.8 Å². The van der Waals surface area contributed by atoms with Gasteiger partial charge in [-0.2, -0.15) is 13.2 Å². The lowest BCUT2D eigenvalue weighted by atomic mass is 10.2. The summed E-state index contributed by atoms with van der Waals surface area (Å²) in [6, 6.07) is 10.8. The van der Waals surface area contributed by atoms with Crippen molar-refractivity contribution in [3.05, 3.63) is 65.5 Å². The Hall–Kier alpha value is -2.86. The van der Waals surface area contributed by atoms with Gasteiger partial charge in [0, 0.05) is 12.7 Å². The second kappa shape index (κ2) is 9.33. The average molecular weight is 485 g/mol. The minimum absolute atomic E-state index is 0.0215. The van der Waals surface area contributed by atoms with Gasteiger partial charge in [0.05, 0.1) is 16.2 Å². The van der Waals surface area contributed by atoms with Crippen molar-refractivity contribution >= 4 is 33.2 Å². The molecule has 0 aliphatic carbocycles. The van der Waals surface area contributed by atoms with Gasteiger partial charge >= 0.3 is 6.18 Å². The van der Waals surface area contributed by atoms with Crippen LogP contribution in [0.1, 0.15) is 17.0 Å². The number of carbonyl (C=O) groups excluding carboxylic acids is 1. The number of nitrogens with one attached hydrogen (secondary N) is 1. The van der Waals surface area contributed by atoms with Gasteiger partial charge in [-0.05, 0) is 37.3 Å². The lowest BCUT2D eigenvalue weighted by Crippen LogP contribution is -2.15. The number of thioether (sulfide) groups is 1. The van der Waals surface area contributed by atoms with Gasteiger partial charge in [0.2, 0.25) is 5.91 Å². The predicted molar refractivity (Wildman–Crippen MR) is 114 cm³/mol. The summed E-state index contributed by atoms with van der Waals surface area (Å²) in [5, 5.41) is 10.5. The third-order valence-corrected chi connectivity index (χ3v) is 7.08. The van der Waals surface area contributed by atoms with Crippen molar-refractivity contribution < 1.29 is 26.4 Å². The van der Waals surface area contributed by atoms with E-state index in [2.05, 4.69) is 15.5 Å². The maximum absolute atomic E-state index is 12.8. The molecule has 0 saturated carbocycles. The highest BCUT2D eigenvalue weighted by Crippen LogP contribution is 2.30. The summed E-state index contributed by atoms with van der Waals surface area (Å²) in [7, 11) is -2.05. The molecule has 3 aromatic rings. The van der Waals surface area contributed by atoms with E-state index in [1.807, 2.05) is 6.92 Å². The average Bonchev–Trinajstić information content (AvgIpc) is 3.05. The molecule has 0 radical (unpaired) electrons. The Morgan fingerprint density at radius 1 is 1.12 bits per heavy atom. The highest BCUT2D eigenvalue weighted by Gasteiger charge is 2.30. The molecule has 7 nitrogen and oxygen atoms in total. The van der Waals surface area contributed by atoms with Gasteiger partial charge in [-0.1, -0.05) is 35.5 Å². The summed E-state index contributed by atoms with van der Waals surface area (Å²) < 4.78 is 65.0. The smallest absolute Gasteiger partial charge is 0.325 e. The number of nitrogens with zero attached hydrogens (tertiary/aromatic N) is 3. The fraction of sp³-hybridized carbons (Fsp3) is 0.250. The summed E-state index contributed by atoms with van der Waals surface area (Å²) in [5.41, 5.74) is 0.0913. The number of anilines is 1. The van der Waals surface area contributed by atoms with Crippen molar-refractivity contribution in [1.29, 1.82) is 0 Å². The van der Waals surface area contributed by atoms with Gasteiger partial charge in [0.25, 0.3) is 0 Å². The SMILES string of the molecule is Cc1ccc(S(=O)(=O)Cc2nnc(SCC(=O)Nc3cccc(C(F)(F)F)c3)n2C)cc1. The van der Waals surface area contributed by atoms with Gasteiger partial charge in [-0.25, -0.2) is 8.42 Å². The molecule has 1 aromatic heterocycles. The number of amides is 1. The summed E-state index contributed by atoms with van der Waals surface area (Å²) >= 11 is 0.989. The molecule has 0 spiro atoms. The van der Waals surface area contributed by atoms with Crippen molar-refractivity contribution in [3.8, 4) is 0 Å². The predicted octanol–water partition coefficient (Wildman–Crippen LogP) is 3.85. The molecule has 2 aromatic carbocycles. The molecule has 0 aliphatic rings. The van der Waals surface area contributed by atoms with Crippen LogP contribution in [0, 0.1) is 6.92 Å². The van der Waals surface area contributed by atoms with Gasteiger partial charge in [-0.15, -0.1) is 10.2 Å². The van der Waals surface area contributed by atoms with E-state index in [0.29, 0.717) is 5.16 Å². The highest BCUT2D eigenvalue weighted by molar-refractivity contribution is 7.99. The van der Waals surface area contributed by atoms with E-state index in [1.54, 1.807) is 19.2 Å². The Morgan fingerprint density at radius 3 is 2.47 bits per heavy atom. The molecule has 1 heterocycles. The Labute approximate surface area is 187 Å². The molecule has 0 atom stereocenters. The quantitative estimate of drug-likeness (QED) is 0.512. The number of carbonyl (C=O) groups is 1. The number of aryl methyl sites for hydroxylation is 1. The van der Waals surface area contributed by atoms with Crippen molar-refractivity contribution in [3.63, 3.8) is 0 Å². The molecule has 1 amide bonds. The number of hydrogen-bond donors (Lipinski definition) is 1. The summed E-state index contributed by atoms with van der Waals surface area (Å²) in [4.78, 5) is 12.3. The van der Waals surface area contributed by atoms with Crippen LogP contribution < -0.4 is 5.32 Å². The zero-order valence-corrected chi connectivity index (χ0v) is 18.7. The molecule has 3 rings (SSSR count).